The largest absolute Gasteiger partial charge is 0.339 e. The summed E-state index contributed by atoms with van der Waals surface area (Å²) < 4.78 is 2.22. The summed E-state index contributed by atoms with van der Waals surface area (Å²) in [7, 11) is 2.10. The van der Waals surface area contributed by atoms with Crippen LogP contribution >= 0.6 is 11.8 Å². The third kappa shape index (κ3) is 2.57. The monoisotopic (exact) mass is 241 g/mol. The van der Waals surface area contributed by atoms with Crippen molar-refractivity contribution in [2.45, 2.75) is 11.9 Å². The molecule has 0 saturated heterocycles. The number of rotatable bonds is 3. The highest BCUT2D eigenvalue weighted by atomic mass is 32.2. The fraction of sp³-hybridized carbons (Fsp3) is 0.200. The fourth-order valence-electron chi connectivity index (χ4n) is 1.71. The summed E-state index contributed by atoms with van der Waals surface area (Å²) in [6, 6.07) is 10.6. The third-order valence-corrected chi connectivity index (χ3v) is 3.78. The summed E-state index contributed by atoms with van der Waals surface area (Å²) in [6.07, 6.45) is 7.40. The van der Waals surface area contributed by atoms with Crippen molar-refractivity contribution in [3.63, 3.8) is 0 Å². The highest BCUT2D eigenvalue weighted by Gasteiger charge is 2.04. The van der Waals surface area contributed by atoms with Gasteiger partial charge in [0.15, 0.2) is 0 Å². The van der Waals surface area contributed by atoms with Crippen LogP contribution in [0.15, 0.2) is 47.0 Å². The summed E-state index contributed by atoms with van der Waals surface area (Å²) in [6.45, 7) is 1.96. The van der Waals surface area contributed by atoms with Gasteiger partial charge in [-0.2, -0.15) is 0 Å². The Morgan fingerprint density at radius 3 is 2.94 bits per heavy atom. The molecule has 0 aliphatic carbocycles. The first-order chi connectivity index (χ1) is 8.22. The van der Waals surface area contributed by atoms with E-state index in [1.165, 1.54) is 15.9 Å². The second-order valence-corrected chi connectivity index (χ2v) is 4.98. The number of fused-ring (bicyclic) bond motifs is 1. The van der Waals surface area contributed by atoms with Crippen LogP contribution in [0.1, 0.15) is 6.92 Å². The Morgan fingerprint density at radius 2 is 2.24 bits per heavy atom. The van der Waals surface area contributed by atoms with Crippen molar-refractivity contribution in [3.8, 4) is 12.3 Å². The molecule has 2 heteroatoms. The molecule has 1 aromatic carbocycles. The molecular formula is C15H15NS. The van der Waals surface area contributed by atoms with Crippen molar-refractivity contribution in [1.82, 2.24) is 4.57 Å². The van der Waals surface area contributed by atoms with Crippen molar-refractivity contribution in [3.05, 3.63) is 42.0 Å². The van der Waals surface area contributed by atoms with E-state index in [-0.39, 0.29) is 0 Å². The van der Waals surface area contributed by atoms with Gasteiger partial charge in [0.05, 0.1) is 5.03 Å². The first-order valence-electron chi connectivity index (χ1n) is 5.53. The number of allylic oxidation sites excluding steroid dienone is 1. The maximum absolute atomic E-state index is 5.31. The molecule has 0 bridgehead atoms. The normalized spacial score (nSPS) is 11.7. The zero-order chi connectivity index (χ0) is 12.3. The van der Waals surface area contributed by atoms with Crippen molar-refractivity contribution in [2.24, 2.45) is 7.05 Å². The first kappa shape index (κ1) is 11.9. The summed E-state index contributed by atoms with van der Waals surface area (Å²) in [5.41, 5.74) is 2.27. The van der Waals surface area contributed by atoms with Gasteiger partial charge in [0.2, 0.25) is 0 Å². The molecule has 0 atom stereocenters. The van der Waals surface area contributed by atoms with Gasteiger partial charge in [0, 0.05) is 23.7 Å². The van der Waals surface area contributed by atoms with Crippen LogP contribution in [0.3, 0.4) is 0 Å². The lowest BCUT2D eigenvalue weighted by atomic mass is 10.2. The van der Waals surface area contributed by atoms with Crippen LogP contribution in [-0.2, 0) is 7.05 Å². The molecule has 0 fully saturated rings. The molecule has 2 aromatic rings. The van der Waals surface area contributed by atoms with Crippen molar-refractivity contribution in [2.75, 3.05) is 5.75 Å². The molecule has 0 saturated carbocycles. The minimum Gasteiger partial charge on any atom is -0.339 e. The first-order valence-corrected chi connectivity index (χ1v) is 6.51. The van der Waals surface area contributed by atoms with Crippen LogP contribution in [0.4, 0.5) is 0 Å². The highest BCUT2D eigenvalue weighted by molar-refractivity contribution is 7.99. The van der Waals surface area contributed by atoms with Crippen LogP contribution in [0.25, 0.3) is 10.9 Å². The number of thioether (sulfide) groups is 1. The van der Waals surface area contributed by atoms with E-state index in [0.29, 0.717) is 0 Å². The zero-order valence-corrected chi connectivity index (χ0v) is 10.9. The quantitative estimate of drug-likeness (QED) is 0.583. The minimum atomic E-state index is 0.917. The molecule has 1 nitrogen and oxygen atoms in total. The average Bonchev–Trinajstić information content (AvgIpc) is 2.67. The summed E-state index contributed by atoms with van der Waals surface area (Å²) in [5, 5.41) is 2.56. The van der Waals surface area contributed by atoms with Gasteiger partial charge in [0.25, 0.3) is 0 Å². The van der Waals surface area contributed by atoms with Crippen LogP contribution in [0, 0.1) is 12.3 Å². The lowest BCUT2D eigenvalue weighted by Gasteiger charge is -2.01. The van der Waals surface area contributed by atoms with Crippen molar-refractivity contribution >= 4 is 22.7 Å². The summed E-state index contributed by atoms with van der Waals surface area (Å²) >= 11 is 1.81. The molecule has 0 N–H and O–H groups in total. The number of benzene rings is 1. The van der Waals surface area contributed by atoms with Gasteiger partial charge in [0.1, 0.15) is 0 Å². The molecule has 1 aromatic heterocycles. The molecule has 2 rings (SSSR count). The summed E-state index contributed by atoms with van der Waals surface area (Å²) in [5.74, 6) is 3.55. The van der Waals surface area contributed by atoms with Gasteiger partial charge >= 0.3 is 0 Å². The van der Waals surface area contributed by atoms with E-state index in [2.05, 4.69) is 53.9 Å². The van der Waals surface area contributed by atoms with Crippen molar-refractivity contribution < 1.29 is 0 Å². The SMILES string of the molecule is C#C/C(C)=C/CSc1cc2ccccc2n1C. The van der Waals surface area contributed by atoms with Crippen LogP contribution in [0.2, 0.25) is 0 Å². The molecule has 1 heterocycles. The Kier molecular flexibility index (Phi) is 3.61. The van der Waals surface area contributed by atoms with Crippen molar-refractivity contribution in [1.29, 1.82) is 0 Å². The topological polar surface area (TPSA) is 4.93 Å². The van der Waals surface area contributed by atoms with E-state index in [1.54, 1.807) is 0 Å². The Bertz CT molecular complexity index is 599. The lowest BCUT2D eigenvalue weighted by molar-refractivity contribution is 0.863. The molecule has 0 aliphatic rings. The van der Waals surface area contributed by atoms with Gasteiger partial charge in [-0.3, -0.25) is 0 Å². The predicted octanol–water partition coefficient (Wildman–Crippen LogP) is 3.85. The standard InChI is InChI=1S/C15H15NS/c1-4-12(2)9-10-17-15-11-13-7-5-6-8-14(13)16(15)3/h1,5-9,11H,10H2,2-3H3/b12-9+. The molecule has 17 heavy (non-hydrogen) atoms. The number of aromatic nitrogens is 1. The Hall–Kier alpha value is -1.59. The van der Waals surface area contributed by atoms with Gasteiger partial charge in [-0.05, 0) is 24.6 Å². The Morgan fingerprint density at radius 1 is 1.47 bits per heavy atom. The van der Waals surface area contributed by atoms with Gasteiger partial charge < -0.3 is 4.57 Å². The zero-order valence-electron chi connectivity index (χ0n) is 10.1. The number of hydrogen-bond acceptors (Lipinski definition) is 1. The summed E-state index contributed by atoms with van der Waals surface area (Å²) in [4.78, 5) is 0. The van der Waals surface area contributed by atoms with E-state index < -0.39 is 0 Å². The minimum absolute atomic E-state index is 0.917. The van der Waals surface area contributed by atoms with Crippen LogP contribution in [0.5, 0.6) is 0 Å². The van der Waals surface area contributed by atoms with E-state index in [9.17, 15) is 0 Å². The number of para-hydroxylation sites is 1. The second-order valence-electron chi connectivity index (χ2n) is 3.94. The molecule has 0 aliphatic heterocycles. The highest BCUT2D eigenvalue weighted by Crippen LogP contribution is 2.26. The van der Waals surface area contributed by atoms with Crippen LogP contribution in [-0.4, -0.2) is 10.3 Å². The molecule has 0 spiro atoms. The third-order valence-electron chi connectivity index (χ3n) is 2.76. The maximum atomic E-state index is 5.31. The predicted molar refractivity (Wildman–Crippen MR) is 76.2 cm³/mol. The van der Waals surface area contributed by atoms with Crippen LogP contribution < -0.4 is 0 Å². The van der Waals surface area contributed by atoms with Gasteiger partial charge in [-0.25, -0.2) is 0 Å². The van der Waals surface area contributed by atoms with E-state index in [1.807, 2.05) is 18.7 Å². The maximum Gasteiger partial charge on any atom is 0.0759 e. The second kappa shape index (κ2) is 5.16. The smallest absolute Gasteiger partial charge is 0.0759 e. The van der Waals surface area contributed by atoms with E-state index >= 15 is 0 Å². The average molecular weight is 241 g/mol. The Balaban J connectivity index is 2.20. The fourth-order valence-corrected chi connectivity index (χ4v) is 2.72. The van der Waals surface area contributed by atoms with Gasteiger partial charge in [-0.1, -0.05) is 30.2 Å². The van der Waals surface area contributed by atoms with Gasteiger partial charge in [-0.15, -0.1) is 18.2 Å². The Labute approximate surface area is 107 Å². The molecule has 86 valence electrons. The van der Waals surface area contributed by atoms with E-state index in [4.69, 9.17) is 6.42 Å². The number of aryl methyl sites for hydroxylation is 1. The molecule has 0 radical (unpaired) electrons. The van der Waals surface area contributed by atoms with E-state index in [0.717, 1.165) is 11.3 Å². The lowest BCUT2D eigenvalue weighted by Crippen LogP contribution is -1.89. The number of terminal acetylenes is 1. The number of nitrogens with zero attached hydrogens (tertiary/aromatic N) is 1. The molecule has 0 unspecified atom stereocenters. The molecule has 0 amide bonds. The number of hydrogen-bond donors (Lipinski definition) is 0. The molecular weight excluding hydrogens is 226 g/mol.